The molecule has 5 heteroatoms. The molecule has 0 aliphatic rings. The van der Waals surface area contributed by atoms with Gasteiger partial charge in [0.15, 0.2) is 0 Å². The lowest BCUT2D eigenvalue weighted by Gasteiger charge is -2.08. The summed E-state index contributed by atoms with van der Waals surface area (Å²) in [5, 5.41) is 2.77. The van der Waals surface area contributed by atoms with Gasteiger partial charge in [0, 0.05) is 6.42 Å². The molecule has 2 rings (SSSR count). The Hall–Kier alpha value is -2.82. The van der Waals surface area contributed by atoms with Crippen LogP contribution in [-0.4, -0.2) is 31.6 Å². The lowest BCUT2D eigenvalue weighted by Crippen LogP contribution is -2.28. The van der Waals surface area contributed by atoms with Gasteiger partial charge in [0.05, 0.1) is 19.6 Å². The maximum absolute atomic E-state index is 11.8. The highest BCUT2D eigenvalue weighted by Gasteiger charge is 2.06. The Morgan fingerprint density at radius 3 is 2.30 bits per heavy atom. The van der Waals surface area contributed by atoms with E-state index in [-0.39, 0.29) is 24.9 Å². The first-order chi connectivity index (χ1) is 13.1. The topological polar surface area (TPSA) is 64.6 Å². The van der Waals surface area contributed by atoms with Crippen LogP contribution in [0, 0.1) is 6.92 Å². The molecule has 0 atom stereocenters. The lowest BCUT2D eigenvalue weighted by molar-refractivity contribution is -0.143. The minimum Gasteiger partial charge on any atom is -0.494 e. The molecule has 0 fully saturated rings. The van der Waals surface area contributed by atoms with Gasteiger partial charge in [-0.05, 0) is 43.5 Å². The molecular formula is C22H27NO4. The van der Waals surface area contributed by atoms with Crippen molar-refractivity contribution in [2.45, 2.75) is 33.1 Å². The molecule has 1 N–H and O–H groups in total. The van der Waals surface area contributed by atoms with E-state index < -0.39 is 0 Å². The van der Waals surface area contributed by atoms with Crippen molar-refractivity contribution < 1.29 is 19.1 Å². The van der Waals surface area contributed by atoms with Gasteiger partial charge in [-0.3, -0.25) is 9.59 Å². The summed E-state index contributed by atoms with van der Waals surface area (Å²) in [5.74, 6) is 0.425. The largest absolute Gasteiger partial charge is 0.494 e. The third-order valence-electron chi connectivity index (χ3n) is 4.03. The smallest absolute Gasteiger partial charge is 0.310 e. The molecule has 0 radical (unpaired) electrons. The Bertz CT molecular complexity index is 723. The Labute approximate surface area is 160 Å². The first-order valence-electron chi connectivity index (χ1n) is 9.26. The summed E-state index contributed by atoms with van der Waals surface area (Å²) in [6, 6.07) is 15.5. The van der Waals surface area contributed by atoms with Crippen molar-refractivity contribution in [2.24, 2.45) is 0 Å². The zero-order chi connectivity index (χ0) is 19.5. The van der Waals surface area contributed by atoms with E-state index >= 15 is 0 Å². The molecule has 2 aromatic rings. The minimum atomic E-state index is -0.312. The monoisotopic (exact) mass is 369 g/mol. The Morgan fingerprint density at radius 1 is 0.963 bits per heavy atom. The molecule has 0 aliphatic heterocycles. The first kappa shape index (κ1) is 20.5. The molecule has 5 nitrogen and oxygen atoms in total. The number of rotatable bonds is 10. The molecule has 0 saturated heterocycles. The number of hydrogen-bond acceptors (Lipinski definition) is 4. The van der Waals surface area contributed by atoms with Gasteiger partial charge in [0.1, 0.15) is 12.4 Å². The summed E-state index contributed by atoms with van der Waals surface area (Å²) in [7, 11) is 0. The fourth-order valence-electron chi connectivity index (χ4n) is 2.54. The Morgan fingerprint density at radius 2 is 1.63 bits per heavy atom. The van der Waals surface area contributed by atoms with Gasteiger partial charge in [-0.15, -0.1) is 0 Å². The van der Waals surface area contributed by atoms with Crippen molar-refractivity contribution in [3.63, 3.8) is 0 Å². The van der Waals surface area contributed by atoms with Crippen LogP contribution in [0.15, 0.2) is 48.5 Å². The molecule has 0 aliphatic carbocycles. The van der Waals surface area contributed by atoms with E-state index in [9.17, 15) is 9.59 Å². The van der Waals surface area contributed by atoms with Crippen LogP contribution in [-0.2, 0) is 27.2 Å². The quantitative estimate of drug-likeness (QED) is 0.516. The SMILES string of the molecule is CCOc1ccc(CC(=O)OCCNC(=O)CCc2ccc(C)cc2)cc1. The number of carbonyl (C=O) groups is 2. The van der Waals surface area contributed by atoms with Gasteiger partial charge >= 0.3 is 5.97 Å². The van der Waals surface area contributed by atoms with Crippen molar-refractivity contribution in [3.05, 3.63) is 65.2 Å². The van der Waals surface area contributed by atoms with Crippen LogP contribution in [0.3, 0.4) is 0 Å². The Balaban J connectivity index is 1.59. The van der Waals surface area contributed by atoms with Crippen LogP contribution >= 0.6 is 0 Å². The second kappa shape index (κ2) is 11.0. The van der Waals surface area contributed by atoms with E-state index in [0.29, 0.717) is 26.0 Å². The van der Waals surface area contributed by atoms with Crippen LogP contribution in [0.5, 0.6) is 5.75 Å². The molecule has 0 saturated carbocycles. The standard InChI is InChI=1S/C22H27NO4/c1-3-26-20-11-8-19(9-12-20)16-22(25)27-15-14-23-21(24)13-10-18-6-4-17(2)5-7-18/h4-9,11-12H,3,10,13-16H2,1-2H3,(H,23,24). The van der Waals surface area contributed by atoms with Gasteiger partial charge < -0.3 is 14.8 Å². The molecule has 0 spiro atoms. The molecule has 27 heavy (non-hydrogen) atoms. The van der Waals surface area contributed by atoms with Gasteiger partial charge in [-0.2, -0.15) is 0 Å². The van der Waals surface area contributed by atoms with Crippen LogP contribution in [0.2, 0.25) is 0 Å². The van der Waals surface area contributed by atoms with Gasteiger partial charge in [-0.1, -0.05) is 42.0 Å². The van der Waals surface area contributed by atoms with Crippen molar-refractivity contribution in [1.82, 2.24) is 5.32 Å². The van der Waals surface area contributed by atoms with E-state index in [1.807, 2.05) is 62.4 Å². The van der Waals surface area contributed by atoms with E-state index in [0.717, 1.165) is 16.9 Å². The molecule has 144 valence electrons. The molecular weight excluding hydrogens is 342 g/mol. The number of benzene rings is 2. The number of nitrogens with one attached hydrogen (secondary N) is 1. The number of carbonyl (C=O) groups excluding carboxylic acids is 2. The highest BCUT2D eigenvalue weighted by atomic mass is 16.5. The predicted molar refractivity (Wildman–Crippen MR) is 105 cm³/mol. The summed E-state index contributed by atoms with van der Waals surface area (Å²) in [5.41, 5.74) is 3.21. The molecule has 1 amide bonds. The molecule has 0 heterocycles. The summed E-state index contributed by atoms with van der Waals surface area (Å²) in [6.07, 6.45) is 1.32. The highest BCUT2D eigenvalue weighted by Crippen LogP contribution is 2.12. The third kappa shape index (κ3) is 7.94. The third-order valence-corrected chi connectivity index (χ3v) is 4.03. The molecule has 0 bridgehead atoms. The van der Waals surface area contributed by atoms with Gasteiger partial charge in [0.2, 0.25) is 5.91 Å². The number of esters is 1. The minimum absolute atomic E-state index is 0.0434. The summed E-state index contributed by atoms with van der Waals surface area (Å²) in [4.78, 5) is 23.7. The number of aryl methyl sites for hydroxylation is 2. The maximum atomic E-state index is 11.8. The second-order valence-electron chi connectivity index (χ2n) is 6.31. The summed E-state index contributed by atoms with van der Waals surface area (Å²) < 4.78 is 10.5. The molecule has 2 aromatic carbocycles. The maximum Gasteiger partial charge on any atom is 0.310 e. The zero-order valence-electron chi connectivity index (χ0n) is 16.0. The van der Waals surface area contributed by atoms with Crippen molar-refractivity contribution in [3.8, 4) is 5.75 Å². The summed E-state index contributed by atoms with van der Waals surface area (Å²) in [6.45, 7) is 5.06. The van der Waals surface area contributed by atoms with Crippen molar-refractivity contribution in [2.75, 3.05) is 19.8 Å². The van der Waals surface area contributed by atoms with Crippen LogP contribution < -0.4 is 10.1 Å². The first-order valence-corrected chi connectivity index (χ1v) is 9.26. The van der Waals surface area contributed by atoms with E-state index in [1.165, 1.54) is 5.56 Å². The van der Waals surface area contributed by atoms with Gasteiger partial charge in [0.25, 0.3) is 0 Å². The van der Waals surface area contributed by atoms with Crippen LogP contribution in [0.1, 0.15) is 30.0 Å². The molecule has 0 aromatic heterocycles. The highest BCUT2D eigenvalue weighted by molar-refractivity contribution is 5.76. The zero-order valence-corrected chi connectivity index (χ0v) is 16.0. The fourth-order valence-corrected chi connectivity index (χ4v) is 2.54. The van der Waals surface area contributed by atoms with Crippen molar-refractivity contribution in [1.29, 1.82) is 0 Å². The van der Waals surface area contributed by atoms with E-state index in [1.54, 1.807) is 0 Å². The van der Waals surface area contributed by atoms with Crippen molar-refractivity contribution >= 4 is 11.9 Å². The number of ether oxygens (including phenoxy) is 2. The average molecular weight is 369 g/mol. The summed E-state index contributed by atoms with van der Waals surface area (Å²) >= 11 is 0. The molecule has 0 unspecified atom stereocenters. The van der Waals surface area contributed by atoms with E-state index in [4.69, 9.17) is 9.47 Å². The number of amides is 1. The second-order valence-corrected chi connectivity index (χ2v) is 6.31. The average Bonchev–Trinajstić information content (AvgIpc) is 2.66. The van der Waals surface area contributed by atoms with Crippen LogP contribution in [0.25, 0.3) is 0 Å². The predicted octanol–water partition coefficient (Wildman–Crippen LogP) is 3.23. The van der Waals surface area contributed by atoms with Gasteiger partial charge in [-0.25, -0.2) is 0 Å². The number of hydrogen-bond donors (Lipinski definition) is 1. The lowest BCUT2D eigenvalue weighted by atomic mass is 10.1. The fraction of sp³-hybridized carbons (Fsp3) is 0.364. The Kier molecular flexibility index (Phi) is 8.36. The van der Waals surface area contributed by atoms with Crippen LogP contribution in [0.4, 0.5) is 0 Å². The normalized spacial score (nSPS) is 10.3. The van der Waals surface area contributed by atoms with E-state index in [2.05, 4.69) is 5.32 Å².